The van der Waals surface area contributed by atoms with Crippen LogP contribution in [0.5, 0.6) is 0 Å². The molecule has 4 N–H and O–H groups in total. The topological polar surface area (TPSA) is 141 Å². The molecule has 82 valence electrons. The SMILES string of the molecule is O=C(O[PH](=O)O)C(=CCO)P(=O)(O)O. The highest BCUT2D eigenvalue weighted by molar-refractivity contribution is 7.58. The lowest BCUT2D eigenvalue weighted by Crippen LogP contribution is -2.05. The van der Waals surface area contributed by atoms with E-state index in [4.69, 9.17) is 19.8 Å². The third-order valence-electron chi connectivity index (χ3n) is 0.988. The summed E-state index contributed by atoms with van der Waals surface area (Å²) in [5.41, 5.74) is 0. The van der Waals surface area contributed by atoms with Crippen LogP contribution in [0.3, 0.4) is 0 Å². The molecule has 1 atom stereocenters. The molecule has 14 heavy (non-hydrogen) atoms. The van der Waals surface area contributed by atoms with Crippen LogP contribution in [0, 0.1) is 0 Å². The highest BCUT2D eigenvalue weighted by atomic mass is 31.2. The van der Waals surface area contributed by atoms with E-state index in [9.17, 15) is 13.9 Å². The minimum atomic E-state index is -4.91. The van der Waals surface area contributed by atoms with E-state index < -0.39 is 33.7 Å². The summed E-state index contributed by atoms with van der Waals surface area (Å²) in [6.07, 6.45) is 0.508. The second kappa shape index (κ2) is 5.41. The van der Waals surface area contributed by atoms with Crippen molar-refractivity contribution in [3.63, 3.8) is 0 Å². The zero-order chi connectivity index (χ0) is 11.4. The molecule has 0 bridgehead atoms. The third kappa shape index (κ3) is 4.66. The summed E-state index contributed by atoms with van der Waals surface area (Å²) >= 11 is 0. The first kappa shape index (κ1) is 13.5. The molecular weight excluding hydrogens is 238 g/mol. The van der Waals surface area contributed by atoms with Gasteiger partial charge in [-0.2, -0.15) is 0 Å². The van der Waals surface area contributed by atoms with E-state index in [-0.39, 0.29) is 0 Å². The van der Waals surface area contributed by atoms with Gasteiger partial charge in [-0.1, -0.05) is 0 Å². The van der Waals surface area contributed by atoms with Crippen LogP contribution in [-0.2, 0) is 18.4 Å². The van der Waals surface area contributed by atoms with Crippen LogP contribution in [0.4, 0.5) is 0 Å². The van der Waals surface area contributed by atoms with Gasteiger partial charge in [-0.05, 0) is 6.08 Å². The molecule has 0 radical (unpaired) electrons. The van der Waals surface area contributed by atoms with E-state index >= 15 is 0 Å². The van der Waals surface area contributed by atoms with Gasteiger partial charge in [0.2, 0.25) is 0 Å². The lowest BCUT2D eigenvalue weighted by molar-refractivity contribution is -0.129. The van der Waals surface area contributed by atoms with Gasteiger partial charge in [0.15, 0.2) is 0 Å². The van der Waals surface area contributed by atoms with E-state index in [0.29, 0.717) is 6.08 Å². The largest absolute Gasteiger partial charge is 0.392 e. The summed E-state index contributed by atoms with van der Waals surface area (Å²) < 4.78 is 24.3. The first-order chi connectivity index (χ1) is 6.29. The Hall–Kier alpha value is -0.490. The van der Waals surface area contributed by atoms with Crippen LogP contribution < -0.4 is 0 Å². The van der Waals surface area contributed by atoms with Crippen LogP contribution in [0.2, 0.25) is 0 Å². The number of aliphatic hydroxyl groups excluding tert-OH is 1. The second-order valence-corrected chi connectivity index (χ2v) is 4.28. The molecule has 0 rings (SSSR count). The van der Waals surface area contributed by atoms with Gasteiger partial charge in [-0.15, -0.1) is 0 Å². The number of hydrogen-bond acceptors (Lipinski definition) is 5. The number of hydrogen-bond donors (Lipinski definition) is 4. The average molecular weight is 246 g/mol. The molecule has 0 fully saturated rings. The number of carbonyl (C=O) groups is 1. The summed E-state index contributed by atoms with van der Waals surface area (Å²) in [6, 6.07) is 0. The molecule has 0 spiro atoms. The fourth-order valence-electron chi connectivity index (χ4n) is 0.539. The Labute approximate surface area is 78.9 Å². The summed E-state index contributed by atoms with van der Waals surface area (Å²) in [6.45, 7) is -0.804. The molecule has 0 aromatic rings. The normalized spacial score (nSPS) is 15.0. The molecule has 0 saturated heterocycles. The maximum Gasteiger partial charge on any atom is 0.367 e. The van der Waals surface area contributed by atoms with Crippen LogP contribution in [0.15, 0.2) is 11.4 Å². The molecule has 0 amide bonds. The fourth-order valence-corrected chi connectivity index (χ4v) is 1.50. The van der Waals surface area contributed by atoms with Crippen molar-refractivity contribution in [3.8, 4) is 0 Å². The monoisotopic (exact) mass is 246 g/mol. The highest BCUT2D eigenvalue weighted by Crippen LogP contribution is 2.46. The maximum absolute atomic E-state index is 10.8. The smallest absolute Gasteiger partial charge is 0.367 e. The Kier molecular flexibility index (Phi) is 5.22. The standard InChI is InChI=1S/C4H8O8P2/c5-2-1-3(14(9,10)11)4(6)12-13(7)8/h1,5,13H,2H2,(H,7,8)(H2,9,10,11). The van der Waals surface area contributed by atoms with Crippen molar-refractivity contribution in [3.05, 3.63) is 11.4 Å². The number of carbonyl (C=O) groups excluding carboxylic acids is 1. The average Bonchev–Trinajstić information content (AvgIpc) is 1.96. The van der Waals surface area contributed by atoms with Gasteiger partial charge >= 0.3 is 21.8 Å². The van der Waals surface area contributed by atoms with E-state index in [1.54, 1.807) is 0 Å². The summed E-state index contributed by atoms with van der Waals surface area (Å²) in [7, 11) is -8.53. The fraction of sp³-hybridized carbons (Fsp3) is 0.250. The van der Waals surface area contributed by atoms with E-state index in [1.165, 1.54) is 0 Å². The minimum Gasteiger partial charge on any atom is -0.392 e. The number of aliphatic hydroxyl groups is 1. The molecule has 0 aliphatic carbocycles. The van der Waals surface area contributed by atoms with Crippen LogP contribution in [-0.4, -0.2) is 32.4 Å². The van der Waals surface area contributed by atoms with E-state index in [0.717, 1.165) is 0 Å². The molecule has 8 nitrogen and oxygen atoms in total. The Balaban J connectivity index is 4.87. The maximum atomic E-state index is 10.8. The van der Waals surface area contributed by atoms with Crippen LogP contribution >= 0.6 is 15.9 Å². The lowest BCUT2D eigenvalue weighted by atomic mass is 10.5. The minimum absolute atomic E-state index is 0.508. The first-order valence-electron chi connectivity index (χ1n) is 3.11. The van der Waals surface area contributed by atoms with Crippen molar-refractivity contribution in [2.45, 2.75) is 0 Å². The Morgan fingerprint density at radius 2 is 2.00 bits per heavy atom. The summed E-state index contributed by atoms with van der Waals surface area (Å²) in [5, 5.41) is 7.18. The molecule has 0 aliphatic heterocycles. The van der Waals surface area contributed by atoms with Crippen molar-refractivity contribution in [1.82, 2.24) is 0 Å². The molecule has 0 aromatic carbocycles. The molecular formula is C4H8O8P2. The van der Waals surface area contributed by atoms with Gasteiger partial charge in [0.25, 0.3) is 0 Å². The molecule has 0 heterocycles. The predicted octanol–water partition coefficient (Wildman–Crippen LogP) is -1.03. The van der Waals surface area contributed by atoms with Crippen LogP contribution in [0.1, 0.15) is 0 Å². The summed E-state index contributed by atoms with van der Waals surface area (Å²) in [5.74, 6) is -1.63. The van der Waals surface area contributed by atoms with Gasteiger partial charge in [0, 0.05) is 0 Å². The molecule has 1 unspecified atom stereocenters. The lowest BCUT2D eigenvalue weighted by Gasteiger charge is -2.06. The molecule has 0 aromatic heterocycles. The Morgan fingerprint density at radius 3 is 2.29 bits per heavy atom. The Morgan fingerprint density at radius 1 is 1.50 bits per heavy atom. The van der Waals surface area contributed by atoms with Gasteiger partial charge in [-0.25, -0.2) is 9.36 Å². The first-order valence-corrected chi connectivity index (χ1v) is 5.99. The van der Waals surface area contributed by atoms with Crippen LogP contribution in [0.25, 0.3) is 0 Å². The predicted molar refractivity (Wildman–Crippen MR) is 44.5 cm³/mol. The second-order valence-electron chi connectivity index (χ2n) is 1.97. The Bertz CT molecular complexity index is 313. The zero-order valence-corrected chi connectivity index (χ0v) is 8.55. The quantitative estimate of drug-likeness (QED) is 0.364. The molecule has 0 saturated carbocycles. The van der Waals surface area contributed by atoms with Crippen molar-refractivity contribution in [2.24, 2.45) is 0 Å². The van der Waals surface area contributed by atoms with E-state index in [2.05, 4.69) is 4.52 Å². The van der Waals surface area contributed by atoms with Gasteiger partial charge in [-0.3, -0.25) is 4.57 Å². The zero-order valence-electron chi connectivity index (χ0n) is 6.65. The number of rotatable bonds is 4. The van der Waals surface area contributed by atoms with Crippen molar-refractivity contribution < 1.29 is 38.2 Å². The van der Waals surface area contributed by atoms with Gasteiger partial charge in [0.05, 0.1) is 6.61 Å². The van der Waals surface area contributed by atoms with Gasteiger partial charge in [0.1, 0.15) is 5.31 Å². The summed E-state index contributed by atoms with van der Waals surface area (Å²) in [4.78, 5) is 36.0. The molecule has 10 heteroatoms. The van der Waals surface area contributed by atoms with Crippen molar-refractivity contribution in [1.29, 1.82) is 0 Å². The highest BCUT2D eigenvalue weighted by Gasteiger charge is 2.29. The van der Waals surface area contributed by atoms with Crippen molar-refractivity contribution in [2.75, 3.05) is 6.61 Å². The third-order valence-corrected chi connectivity index (χ3v) is 2.34. The van der Waals surface area contributed by atoms with Crippen molar-refractivity contribution >= 4 is 21.8 Å². The molecule has 0 aliphatic rings. The van der Waals surface area contributed by atoms with E-state index in [1.807, 2.05) is 0 Å². The van der Waals surface area contributed by atoms with Gasteiger partial charge < -0.3 is 24.3 Å².